The Morgan fingerprint density at radius 3 is 2.50 bits per heavy atom. The van der Waals surface area contributed by atoms with Crippen molar-refractivity contribution in [3.63, 3.8) is 0 Å². The molecule has 1 nitrogen and oxygen atoms in total. The van der Waals surface area contributed by atoms with E-state index < -0.39 is 0 Å². The molecule has 0 unspecified atom stereocenters. The Balaban J connectivity index is 2.49. The first-order valence-electron chi connectivity index (χ1n) is 1.91. The molecule has 3 heteroatoms. The van der Waals surface area contributed by atoms with Gasteiger partial charge in [0.25, 0.3) is 0 Å². The monoisotopic (exact) mass is 121 g/mol. The van der Waals surface area contributed by atoms with Crippen LogP contribution in [0.5, 0.6) is 0 Å². The molecule has 36 valence electrons. The predicted octanol–water partition coefficient (Wildman–Crippen LogP) is 0.743. The van der Waals surface area contributed by atoms with Crippen LogP contribution in [-0.2, 0) is 11.8 Å². The molecule has 0 saturated heterocycles. The maximum atomic E-state index is 5.16. The highest BCUT2D eigenvalue weighted by atomic mass is 32.4. The van der Waals surface area contributed by atoms with E-state index in [-0.39, 0.29) is 0 Å². The lowest BCUT2D eigenvalue weighted by atomic mass is 10.5. The Morgan fingerprint density at radius 2 is 2.33 bits per heavy atom. The number of hydrogen-bond acceptors (Lipinski definition) is 2. The molecule has 0 aliphatic carbocycles. The van der Waals surface area contributed by atoms with E-state index in [0.717, 1.165) is 26.5 Å². The van der Waals surface area contributed by atoms with E-state index in [1.807, 2.05) is 0 Å². The first-order valence-corrected chi connectivity index (χ1v) is 4.00. The van der Waals surface area contributed by atoms with Crippen LogP contribution in [0, 0.1) is 0 Å². The van der Waals surface area contributed by atoms with Crippen LogP contribution in [0.4, 0.5) is 0 Å². The molecule has 0 aromatic heterocycles. The lowest BCUT2D eigenvalue weighted by Crippen LogP contribution is -1.97. The highest BCUT2D eigenvalue weighted by Gasteiger charge is 1.73. The lowest BCUT2D eigenvalue weighted by molar-refractivity contribution is 0.944. The fourth-order valence-electron chi connectivity index (χ4n) is 0.156. The summed E-state index contributed by atoms with van der Waals surface area (Å²) in [6.45, 7) is 0.781. The number of rotatable bonds is 3. The van der Waals surface area contributed by atoms with Gasteiger partial charge in [0.1, 0.15) is 0 Å². The highest BCUT2D eigenvalue weighted by Crippen LogP contribution is 1.91. The molecule has 6 heavy (non-hydrogen) atoms. The maximum absolute atomic E-state index is 5.16. The SMILES string of the molecule is NCCCP=S. The van der Waals surface area contributed by atoms with Gasteiger partial charge < -0.3 is 5.73 Å². The van der Waals surface area contributed by atoms with Crippen molar-refractivity contribution in [2.24, 2.45) is 5.73 Å². The summed E-state index contributed by atoms with van der Waals surface area (Å²) in [5.41, 5.74) is 5.16. The van der Waals surface area contributed by atoms with Crippen molar-refractivity contribution in [2.75, 3.05) is 12.7 Å². The lowest BCUT2D eigenvalue weighted by Gasteiger charge is -1.80. The topological polar surface area (TPSA) is 26.0 Å². The van der Waals surface area contributed by atoms with E-state index in [1.54, 1.807) is 0 Å². The minimum atomic E-state index is 0.781. The van der Waals surface area contributed by atoms with Crippen molar-refractivity contribution >= 4 is 19.2 Å². The van der Waals surface area contributed by atoms with Gasteiger partial charge in [-0.3, -0.25) is 0 Å². The fraction of sp³-hybridized carbons (Fsp3) is 1.00. The van der Waals surface area contributed by atoms with Crippen molar-refractivity contribution in [2.45, 2.75) is 6.42 Å². The van der Waals surface area contributed by atoms with Crippen LogP contribution in [0.1, 0.15) is 6.42 Å². The van der Waals surface area contributed by atoms with Crippen molar-refractivity contribution in [3.8, 4) is 0 Å². The van der Waals surface area contributed by atoms with Crippen molar-refractivity contribution < 1.29 is 0 Å². The van der Waals surface area contributed by atoms with Gasteiger partial charge in [0.05, 0.1) is 0 Å². The van der Waals surface area contributed by atoms with E-state index >= 15 is 0 Å². The third kappa shape index (κ3) is 4.48. The van der Waals surface area contributed by atoms with Gasteiger partial charge in [-0.1, -0.05) is 11.8 Å². The third-order valence-electron chi connectivity index (χ3n) is 0.454. The average molecular weight is 121 g/mol. The molecule has 0 spiro atoms. The van der Waals surface area contributed by atoms with Crippen LogP contribution in [0.3, 0.4) is 0 Å². The summed E-state index contributed by atoms with van der Waals surface area (Å²) >= 11 is 4.63. The second kappa shape index (κ2) is 5.48. The minimum absolute atomic E-state index is 0.781. The molecule has 0 saturated carbocycles. The van der Waals surface area contributed by atoms with Gasteiger partial charge in [-0.05, 0) is 20.3 Å². The van der Waals surface area contributed by atoms with Gasteiger partial charge in [-0.25, -0.2) is 0 Å². The van der Waals surface area contributed by atoms with E-state index in [0.29, 0.717) is 0 Å². The largest absolute Gasteiger partial charge is 0.330 e. The molecule has 0 radical (unpaired) electrons. The Bertz CT molecular complexity index is 39.8. The van der Waals surface area contributed by atoms with Crippen LogP contribution in [0.2, 0.25) is 0 Å². The standard InChI is InChI=1S/C3H8NPS/c4-2-1-3-5-6/h1-4H2. The van der Waals surface area contributed by atoms with Crippen LogP contribution in [0.15, 0.2) is 0 Å². The molecule has 2 N–H and O–H groups in total. The quantitative estimate of drug-likeness (QED) is 0.440. The molecular formula is C3H8NPS. The predicted molar refractivity (Wildman–Crippen MR) is 32.8 cm³/mol. The molecule has 0 rings (SSSR count). The number of nitrogens with two attached hydrogens (primary N) is 1. The van der Waals surface area contributed by atoms with E-state index in [4.69, 9.17) is 5.73 Å². The summed E-state index contributed by atoms with van der Waals surface area (Å²) in [6.07, 6.45) is 2.15. The van der Waals surface area contributed by atoms with Gasteiger partial charge in [0.2, 0.25) is 0 Å². The molecule has 0 aromatic carbocycles. The Labute approximate surface area is 44.8 Å². The molecule has 0 atom stereocenters. The molecular weight excluding hydrogens is 113 g/mol. The van der Waals surface area contributed by atoms with Gasteiger partial charge in [0.15, 0.2) is 0 Å². The van der Waals surface area contributed by atoms with Crippen molar-refractivity contribution in [1.29, 1.82) is 0 Å². The minimum Gasteiger partial charge on any atom is -0.330 e. The molecule has 0 aliphatic heterocycles. The van der Waals surface area contributed by atoms with Gasteiger partial charge in [0, 0.05) is 6.16 Å². The highest BCUT2D eigenvalue weighted by molar-refractivity contribution is 7.96. The smallest absolute Gasteiger partial charge is 0.00104 e. The summed E-state index contributed by atoms with van der Waals surface area (Å²) in [6, 6.07) is 0. The number of hydrogen-bond donors (Lipinski definition) is 1. The van der Waals surface area contributed by atoms with E-state index in [1.165, 1.54) is 0 Å². The van der Waals surface area contributed by atoms with Gasteiger partial charge in [-0.15, -0.1) is 0 Å². The zero-order valence-corrected chi connectivity index (χ0v) is 5.27. The summed E-state index contributed by atoms with van der Waals surface area (Å²) in [5, 5.41) is 0. The van der Waals surface area contributed by atoms with Crippen LogP contribution in [-0.4, -0.2) is 12.7 Å². The second-order valence-electron chi connectivity index (χ2n) is 0.995. The van der Waals surface area contributed by atoms with E-state index in [2.05, 4.69) is 11.8 Å². The Morgan fingerprint density at radius 1 is 1.67 bits per heavy atom. The van der Waals surface area contributed by atoms with Crippen LogP contribution < -0.4 is 5.73 Å². The third-order valence-corrected chi connectivity index (χ3v) is 1.50. The van der Waals surface area contributed by atoms with Gasteiger partial charge in [-0.2, -0.15) is 0 Å². The van der Waals surface area contributed by atoms with Crippen molar-refractivity contribution in [3.05, 3.63) is 0 Å². The van der Waals surface area contributed by atoms with Crippen LogP contribution in [0.25, 0.3) is 0 Å². The van der Waals surface area contributed by atoms with Gasteiger partial charge >= 0.3 is 0 Å². The maximum Gasteiger partial charge on any atom is 0.00104 e. The molecule has 0 fully saturated rings. The van der Waals surface area contributed by atoms with Crippen LogP contribution >= 0.6 is 7.36 Å². The Hall–Kier alpha value is 0.480. The first kappa shape index (κ1) is 6.48. The summed E-state index contributed by atoms with van der Waals surface area (Å²) in [4.78, 5) is 0. The fourth-order valence-corrected chi connectivity index (χ4v) is 0.855. The molecule has 0 heterocycles. The second-order valence-corrected chi connectivity index (χ2v) is 2.47. The summed E-state index contributed by atoms with van der Waals surface area (Å²) in [7, 11) is 1.05. The molecule has 0 bridgehead atoms. The first-order chi connectivity index (χ1) is 2.91. The Kier molecular flexibility index (Phi) is 5.92. The average Bonchev–Trinajstić information content (AvgIpc) is 1.61. The molecule has 0 aromatic rings. The zero-order chi connectivity index (χ0) is 4.83. The normalized spacial score (nSPS) is 9.50. The van der Waals surface area contributed by atoms with E-state index in [9.17, 15) is 0 Å². The zero-order valence-electron chi connectivity index (χ0n) is 3.55. The molecule has 0 aliphatic rings. The summed E-state index contributed by atoms with van der Waals surface area (Å²) in [5.74, 6) is 0. The molecule has 0 amide bonds. The van der Waals surface area contributed by atoms with Crippen molar-refractivity contribution in [1.82, 2.24) is 0 Å². The summed E-state index contributed by atoms with van der Waals surface area (Å²) < 4.78 is 0.